The predicted molar refractivity (Wildman–Crippen MR) is 109 cm³/mol. The van der Waals surface area contributed by atoms with Gasteiger partial charge < -0.3 is 10.2 Å². The Kier molecular flexibility index (Phi) is 4.86. The summed E-state index contributed by atoms with van der Waals surface area (Å²) in [5.41, 5.74) is 2.14. The first-order valence-electron chi connectivity index (χ1n) is 9.97. The maximum absolute atomic E-state index is 13.1. The fraction of sp³-hybridized carbons (Fsp3) is 0.333. The molecule has 1 unspecified atom stereocenters. The van der Waals surface area contributed by atoms with Crippen molar-refractivity contribution in [3.8, 4) is 11.5 Å². The molecule has 154 valence electrons. The maximum Gasteiger partial charge on any atom is 0.281 e. The van der Waals surface area contributed by atoms with Crippen molar-refractivity contribution in [3.05, 3.63) is 60.5 Å². The normalized spacial score (nSPS) is 19.2. The number of alkyl halides is 2. The van der Waals surface area contributed by atoms with Crippen molar-refractivity contribution in [2.75, 3.05) is 24.5 Å². The maximum atomic E-state index is 13.1. The summed E-state index contributed by atoms with van der Waals surface area (Å²) in [4.78, 5) is 19.4. The number of fused-ring (bicyclic) bond motifs is 1. The second kappa shape index (κ2) is 7.81. The lowest BCUT2D eigenvalue weighted by molar-refractivity contribution is 0.145. The number of allylic oxidation sites excluding steroid dienone is 2. The Morgan fingerprint density at radius 3 is 2.93 bits per heavy atom. The van der Waals surface area contributed by atoms with E-state index in [0.717, 1.165) is 38.3 Å². The SMILES string of the molecule is FC(F)c1cn2c(-c3nccc(N4CCCC(C5=CC=CNC5)C4)n3)cnc2cn1. The van der Waals surface area contributed by atoms with Crippen LogP contribution in [-0.2, 0) is 0 Å². The third-order valence-corrected chi connectivity index (χ3v) is 5.61. The molecule has 0 radical (unpaired) electrons. The van der Waals surface area contributed by atoms with Gasteiger partial charge >= 0.3 is 0 Å². The van der Waals surface area contributed by atoms with Crippen molar-refractivity contribution in [3.63, 3.8) is 0 Å². The lowest BCUT2D eigenvalue weighted by Gasteiger charge is -2.35. The van der Waals surface area contributed by atoms with Crippen LogP contribution in [0.4, 0.5) is 14.6 Å². The number of hydrogen-bond acceptors (Lipinski definition) is 6. The van der Waals surface area contributed by atoms with Gasteiger partial charge in [0.25, 0.3) is 6.43 Å². The Morgan fingerprint density at radius 1 is 1.17 bits per heavy atom. The Labute approximate surface area is 172 Å². The molecule has 1 saturated heterocycles. The lowest BCUT2D eigenvalue weighted by Crippen LogP contribution is -2.38. The quantitative estimate of drug-likeness (QED) is 0.712. The zero-order valence-corrected chi connectivity index (χ0v) is 16.2. The average molecular weight is 409 g/mol. The van der Waals surface area contributed by atoms with Crippen molar-refractivity contribution >= 4 is 11.5 Å². The van der Waals surface area contributed by atoms with E-state index in [1.165, 1.54) is 18.0 Å². The summed E-state index contributed by atoms with van der Waals surface area (Å²) in [6.45, 7) is 2.70. The van der Waals surface area contributed by atoms with Gasteiger partial charge in [0.1, 0.15) is 17.2 Å². The number of halogens is 2. The molecule has 1 N–H and O–H groups in total. The molecule has 0 spiro atoms. The van der Waals surface area contributed by atoms with E-state index in [2.05, 4.69) is 31.2 Å². The number of nitrogens with zero attached hydrogens (tertiary/aromatic N) is 6. The molecule has 2 aliphatic heterocycles. The summed E-state index contributed by atoms with van der Waals surface area (Å²) in [5, 5.41) is 3.28. The van der Waals surface area contributed by atoms with E-state index in [0.29, 0.717) is 23.1 Å². The van der Waals surface area contributed by atoms with Crippen LogP contribution >= 0.6 is 0 Å². The van der Waals surface area contributed by atoms with E-state index in [1.807, 2.05) is 18.3 Å². The van der Waals surface area contributed by atoms with Crippen LogP contribution in [0.3, 0.4) is 0 Å². The molecule has 0 saturated carbocycles. The van der Waals surface area contributed by atoms with Crippen LogP contribution in [0.25, 0.3) is 17.2 Å². The Hall–Kier alpha value is -3.36. The first-order valence-corrected chi connectivity index (χ1v) is 9.97. The van der Waals surface area contributed by atoms with E-state index in [-0.39, 0.29) is 5.69 Å². The van der Waals surface area contributed by atoms with Crippen LogP contribution in [-0.4, -0.2) is 44.0 Å². The molecule has 0 amide bonds. The van der Waals surface area contributed by atoms with Gasteiger partial charge in [0, 0.05) is 32.0 Å². The van der Waals surface area contributed by atoms with Gasteiger partial charge in [-0.25, -0.2) is 28.7 Å². The Morgan fingerprint density at radius 2 is 2.10 bits per heavy atom. The van der Waals surface area contributed by atoms with Gasteiger partial charge in [-0.1, -0.05) is 6.08 Å². The molecule has 2 aliphatic rings. The molecule has 30 heavy (non-hydrogen) atoms. The van der Waals surface area contributed by atoms with Crippen LogP contribution < -0.4 is 10.2 Å². The Bertz CT molecular complexity index is 1120. The number of anilines is 1. The van der Waals surface area contributed by atoms with Crippen LogP contribution in [0.2, 0.25) is 0 Å². The van der Waals surface area contributed by atoms with Crippen LogP contribution in [0.1, 0.15) is 25.0 Å². The standard InChI is InChI=1S/C21H21F2N7/c22-20(23)16-13-30-17(10-27-19(30)11-26-16)21-25-7-5-18(28-21)29-8-2-4-15(12-29)14-3-1-6-24-9-14/h1,3,5-7,10-11,13,15,20,24H,2,4,8-9,12H2. The van der Waals surface area contributed by atoms with Gasteiger partial charge in [-0.05, 0) is 42.7 Å². The highest BCUT2D eigenvalue weighted by Crippen LogP contribution is 2.28. The smallest absolute Gasteiger partial charge is 0.281 e. The molecule has 9 heteroatoms. The molecule has 5 rings (SSSR count). The first kappa shape index (κ1) is 18.7. The lowest BCUT2D eigenvalue weighted by atomic mass is 9.89. The summed E-state index contributed by atoms with van der Waals surface area (Å²) in [7, 11) is 0. The molecule has 7 nitrogen and oxygen atoms in total. The first-order chi connectivity index (χ1) is 14.7. The van der Waals surface area contributed by atoms with Gasteiger partial charge in [-0.15, -0.1) is 0 Å². The van der Waals surface area contributed by atoms with E-state index in [4.69, 9.17) is 4.98 Å². The van der Waals surface area contributed by atoms with Crippen LogP contribution in [0, 0.1) is 5.92 Å². The second-order valence-electron chi connectivity index (χ2n) is 7.49. The number of dihydropyridines is 1. The highest BCUT2D eigenvalue weighted by molar-refractivity contribution is 5.58. The molecule has 0 bridgehead atoms. The van der Waals surface area contributed by atoms with E-state index < -0.39 is 6.43 Å². The summed E-state index contributed by atoms with van der Waals surface area (Å²) in [5.74, 6) is 1.77. The van der Waals surface area contributed by atoms with Crippen molar-refractivity contribution in [1.82, 2.24) is 29.7 Å². The average Bonchev–Trinajstić information content (AvgIpc) is 3.23. The zero-order valence-electron chi connectivity index (χ0n) is 16.2. The highest BCUT2D eigenvalue weighted by atomic mass is 19.3. The van der Waals surface area contributed by atoms with Crippen molar-refractivity contribution in [2.45, 2.75) is 19.3 Å². The second-order valence-corrected chi connectivity index (χ2v) is 7.49. The molecule has 5 heterocycles. The number of piperidine rings is 1. The molecule has 3 aromatic rings. The monoisotopic (exact) mass is 409 g/mol. The van der Waals surface area contributed by atoms with Gasteiger partial charge in [-0.2, -0.15) is 0 Å². The summed E-state index contributed by atoms with van der Waals surface area (Å²) in [6, 6.07) is 1.90. The van der Waals surface area contributed by atoms with Crippen molar-refractivity contribution in [2.24, 2.45) is 5.92 Å². The number of imidazole rings is 1. The predicted octanol–water partition coefficient (Wildman–Crippen LogP) is 3.38. The van der Waals surface area contributed by atoms with Crippen molar-refractivity contribution < 1.29 is 8.78 Å². The fourth-order valence-electron chi connectivity index (χ4n) is 4.07. The van der Waals surface area contributed by atoms with E-state index >= 15 is 0 Å². The van der Waals surface area contributed by atoms with Gasteiger partial charge in [0.15, 0.2) is 11.5 Å². The van der Waals surface area contributed by atoms with Crippen LogP contribution in [0.5, 0.6) is 0 Å². The molecular formula is C21H21F2N7. The Balaban J connectivity index is 1.44. The minimum Gasteiger partial charge on any atom is -0.387 e. The fourth-order valence-corrected chi connectivity index (χ4v) is 4.07. The van der Waals surface area contributed by atoms with Crippen molar-refractivity contribution in [1.29, 1.82) is 0 Å². The summed E-state index contributed by atoms with van der Waals surface area (Å²) in [6.07, 6.45) is 11.7. The summed E-state index contributed by atoms with van der Waals surface area (Å²) >= 11 is 0. The summed E-state index contributed by atoms with van der Waals surface area (Å²) < 4.78 is 27.7. The van der Waals surface area contributed by atoms with Gasteiger partial charge in [0.05, 0.1) is 12.4 Å². The topological polar surface area (TPSA) is 71.2 Å². The van der Waals surface area contributed by atoms with Gasteiger partial charge in [0.2, 0.25) is 0 Å². The minimum absolute atomic E-state index is 0.305. The van der Waals surface area contributed by atoms with E-state index in [1.54, 1.807) is 16.8 Å². The van der Waals surface area contributed by atoms with Gasteiger partial charge in [-0.3, -0.25) is 4.40 Å². The zero-order chi connectivity index (χ0) is 20.5. The molecular weight excluding hydrogens is 388 g/mol. The minimum atomic E-state index is -2.65. The number of rotatable bonds is 4. The third-order valence-electron chi connectivity index (χ3n) is 5.61. The van der Waals surface area contributed by atoms with Crippen LogP contribution in [0.15, 0.2) is 54.8 Å². The largest absolute Gasteiger partial charge is 0.387 e. The van der Waals surface area contributed by atoms with E-state index in [9.17, 15) is 8.78 Å². The molecule has 0 aliphatic carbocycles. The molecule has 1 fully saturated rings. The molecule has 1 atom stereocenters. The third kappa shape index (κ3) is 3.51. The number of aromatic nitrogens is 5. The molecule has 0 aromatic carbocycles. The number of nitrogens with one attached hydrogen (secondary N) is 1. The molecule has 3 aromatic heterocycles. The highest BCUT2D eigenvalue weighted by Gasteiger charge is 2.24. The number of hydrogen-bond donors (Lipinski definition) is 1.